The molecule has 102 valence electrons. The third-order valence-electron chi connectivity index (χ3n) is 2.44. The molecule has 2 rings (SSSR count). The number of nitrogens with zero attached hydrogens (tertiary/aromatic N) is 2. The standard InChI is InChI=1S/C14H10Br2N2O2/c15-11-1-3-13(19)9(5-11)7-17-18-8-10-6-12(16)2-4-14(10)20/h1-8,19-20H. The van der Waals surface area contributed by atoms with Crippen molar-refractivity contribution in [2.24, 2.45) is 10.2 Å². The minimum Gasteiger partial charge on any atom is -0.507 e. The maximum absolute atomic E-state index is 9.62. The van der Waals surface area contributed by atoms with Crippen LogP contribution in [0, 0.1) is 0 Å². The highest BCUT2D eigenvalue weighted by molar-refractivity contribution is 9.10. The van der Waals surface area contributed by atoms with Gasteiger partial charge in [-0.15, -0.1) is 0 Å². The predicted octanol–water partition coefficient (Wildman–Crippen LogP) is 4.08. The van der Waals surface area contributed by atoms with E-state index in [2.05, 4.69) is 42.1 Å². The minimum absolute atomic E-state index is 0.123. The van der Waals surface area contributed by atoms with E-state index in [1.165, 1.54) is 12.4 Å². The number of hydrogen-bond acceptors (Lipinski definition) is 4. The van der Waals surface area contributed by atoms with Crippen molar-refractivity contribution in [2.75, 3.05) is 0 Å². The van der Waals surface area contributed by atoms with Gasteiger partial charge in [0, 0.05) is 20.1 Å². The molecular weight excluding hydrogens is 388 g/mol. The van der Waals surface area contributed by atoms with Crippen LogP contribution in [-0.4, -0.2) is 22.6 Å². The summed E-state index contributed by atoms with van der Waals surface area (Å²) >= 11 is 6.62. The number of phenols is 2. The van der Waals surface area contributed by atoms with Crippen molar-refractivity contribution in [3.8, 4) is 11.5 Å². The van der Waals surface area contributed by atoms with Gasteiger partial charge in [-0.25, -0.2) is 0 Å². The topological polar surface area (TPSA) is 65.2 Å². The molecule has 0 aliphatic heterocycles. The summed E-state index contributed by atoms with van der Waals surface area (Å²) in [5.74, 6) is 0.245. The van der Waals surface area contributed by atoms with Crippen molar-refractivity contribution in [1.29, 1.82) is 0 Å². The summed E-state index contributed by atoms with van der Waals surface area (Å²) in [7, 11) is 0. The molecule has 0 spiro atoms. The fourth-order valence-electron chi connectivity index (χ4n) is 1.45. The van der Waals surface area contributed by atoms with Crippen LogP contribution in [0.4, 0.5) is 0 Å². The summed E-state index contributed by atoms with van der Waals surface area (Å²) in [5, 5.41) is 26.9. The zero-order valence-electron chi connectivity index (χ0n) is 10.2. The van der Waals surface area contributed by atoms with Gasteiger partial charge in [0.1, 0.15) is 11.5 Å². The van der Waals surface area contributed by atoms with Gasteiger partial charge < -0.3 is 10.2 Å². The van der Waals surface area contributed by atoms with Gasteiger partial charge in [0.05, 0.1) is 12.4 Å². The number of benzene rings is 2. The first kappa shape index (κ1) is 14.7. The maximum Gasteiger partial charge on any atom is 0.124 e. The number of phenolic OH excluding ortho intramolecular Hbond substituents is 2. The van der Waals surface area contributed by atoms with E-state index in [-0.39, 0.29) is 11.5 Å². The van der Waals surface area contributed by atoms with Gasteiger partial charge in [-0.05, 0) is 36.4 Å². The van der Waals surface area contributed by atoms with Crippen LogP contribution in [0.5, 0.6) is 11.5 Å². The van der Waals surface area contributed by atoms with Gasteiger partial charge in [-0.3, -0.25) is 0 Å². The lowest BCUT2D eigenvalue weighted by molar-refractivity contribution is 0.473. The molecule has 0 atom stereocenters. The van der Waals surface area contributed by atoms with E-state index in [9.17, 15) is 10.2 Å². The summed E-state index contributed by atoms with van der Waals surface area (Å²) in [6.07, 6.45) is 2.87. The van der Waals surface area contributed by atoms with E-state index in [1.54, 1.807) is 36.4 Å². The molecule has 0 radical (unpaired) electrons. The van der Waals surface area contributed by atoms with E-state index < -0.39 is 0 Å². The number of hydrogen-bond donors (Lipinski definition) is 2. The summed E-state index contributed by atoms with van der Waals surface area (Å²) in [5.41, 5.74) is 1.10. The molecule has 0 heterocycles. The molecule has 0 amide bonds. The van der Waals surface area contributed by atoms with E-state index in [0.717, 1.165) is 8.95 Å². The van der Waals surface area contributed by atoms with Crippen LogP contribution in [0.2, 0.25) is 0 Å². The van der Waals surface area contributed by atoms with Gasteiger partial charge in [0.25, 0.3) is 0 Å². The Morgan fingerprint density at radius 1 is 0.750 bits per heavy atom. The summed E-state index contributed by atoms with van der Waals surface area (Å²) in [4.78, 5) is 0. The molecular formula is C14H10Br2N2O2. The summed E-state index contributed by atoms with van der Waals surface area (Å²) < 4.78 is 1.68. The second kappa shape index (κ2) is 6.67. The molecule has 2 N–H and O–H groups in total. The van der Waals surface area contributed by atoms with E-state index in [1.807, 2.05) is 0 Å². The Bertz CT molecular complexity index is 625. The quantitative estimate of drug-likeness (QED) is 0.605. The van der Waals surface area contributed by atoms with E-state index in [4.69, 9.17) is 0 Å². The van der Waals surface area contributed by atoms with Crippen LogP contribution in [0.15, 0.2) is 55.5 Å². The molecule has 0 fully saturated rings. The van der Waals surface area contributed by atoms with Gasteiger partial charge >= 0.3 is 0 Å². The third kappa shape index (κ3) is 3.91. The molecule has 2 aromatic rings. The summed E-state index contributed by atoms with van der Waals surface area (Å²) in [6, 6.07) is 10.0. The SMILES string of the molecule is Oc1ccc(Br)cc1C=NN=Cc1cc(Br)ccc1O. The van der Waals surface area contributed by atoms with E-state index in [0.29, 0.717) is 11.1 Å². The molecule has 0 aliphatic rings. The monoisotopic (exact) mass is 396 g/mol. The van der Waals surface area contributed by atoms with E-state index >= 15 is 0 Å². The van der Waals surface area contributed by atoms with Crippen molar-refractivity contribution in [1.82, 2.24) is 0 Å². The van der Waals surface area contributed by atoms with Crippen LogP contribution in [0.25, 0.3) is 0 Å². The van der Waals surface area contributed by atoms with Crippen molar-refractivity contribution in [3.05, 3.63) is 56.5 Å². The Labute approximate surface area is 132 Å². The minimum atomic E-state index is 0.123. The number of aromatic hydroxyl groups is 2. The largest absolute Gasteiger partial charge is 0.507 e. The molecule has 20 heavy (non-hydrogen) atoms. The Hall–Kier alpha value is -1.66. The van der Waals surface area contributed by atoms with Gasteiger partial charge in [-0.2, -0.15) is 10.2 Å². The lowest BCUT2D eigenvalue weighted by atomic mass is 10.2. The normalized spacial score (nSPS) is 11.5. The van der Waals surface area contributed by atoms with Crippen LogP contribution < -0.4 is 0 Å². The zero-order chi connectivity index (χ0) is 14.5. The fourth-order valence-corrected chi connectivity index (χ4v) is 2.21. The smallest absolute Gasteiger partial charge is 0.124 e. The van der Waals surface area contributed by atoms with Crippen LogP contribution in [0.3, 0.4) is 0 Å². The molecule has 6 heteroatoms. The Morgan fingerprint density at radius 3 is 1.55 bits per heavy atom. The zero-order valence-corrected chi connectivity index (χ0v) is 13.3. The molecule has 0 bridgehead atoms. The van der Waals surface area contributed by atoms with Crippen molar-refractivity contribution in [2.45, 2.75) is 0 Å². The second-order valence-corrected chi connectivity index (χ2v) is 5.73. The highest BCUT2D eigenvalue weighted by Gasteiger charge is 1.99. The first-order valence-electron chi connectivity index (χ1n) is 5.59. The average molecular weight is 398 g/mol. The van der Waals surface area contributed by atoms with Crippen molar-refractivity contribution >= 4 is 44.3 Å². The molecule has 0 saturated carbocycles. The first-order chi connectivity index (χ1) is 9.56. The van der Waals surface area contributed by atoms with Gasteiger partial charge in [-0.1, -0.05) is 31.9 Å². The first-order valence-corrected chi connectivity index (χ1v) is 7.18. The third-order valence-corrected chi connectivity index (χ3v) is 3.43. The molecule has 0 aromatic heterocycles. The second-order valence-electron chi connectivity index (χ2n) is 3.90. The average Bonchev–Trinajstić information content (AvgIpc) is 2.42. The lowest BCUT2D eigenvalue weighted by Crippen LogP contribution is -1.84. The molecule has 0 aliphatic carbocycles. The van der Waals surface area contributed by atoms with Gasteiger partial charge in [0.15, 0.2) is 0 Å². The molecule has 0 saturated heterocycles. The lowest BCUT2D eigenvalue weighted by Gasteiger charge is -1.98. The van der Waals surface area contributed by atoms with Gasteiger partial charge in [0.2, 0.25) is 0 Å². The Morgan fingerprint density at radius 2 is 1.15 bits per heavy atom. The Balaban J connectivity index is 2.15. The highest BCUT2D eigenvalue weighted by atomic mass is 79.9. The molecule has 4 nitrogen and oxygen atoms in total. The predicted molar refractivity (Wildman–Crippen MR) is 86.8 cm³/mol. The van der Waals surface area contributed by atoms with Crippen LogP contribution >= 0.6 is 31.9 Å². The number of rotatable bonds is 3. The highest BCUT2D eigenvalue weighted by Crippen LogP contribution is 2.21. The number of halogens is 2. The van der Waals surface area contributed by atoms with Crippen LogP contribution in [-0.2, 0) is 0 Å². The molecule has 2 aromatic carbocycles. The molecule has 0 unspecified atom stereocenters. The van der Waals surface area contributed by atoms with Crippen molar-refractivity contribution in [3.63, 3.8) is 0 Å². The maximum atomic E-state index is 9.62. The summed E-state index contributed by atoms with van der Waals surface area (Å²) in [6.45, 7) is 0. The fraction of sp³-hybridized carbons (Fsp3) is 0. The van der Waals surface area contributed by atoms with Crippen LogP contribution in [0.1, 0.15) is 11.1 Å². The Kier molecular flexibility index (Phi) is 4.92. The van der Waals surface area contributed by atoms with Crippen molar-refractivity contribution < 1.29 is 10.2 Å².